The molecule has 0 spiro atoms. The maximum Gasteiger partial charge on any atom is 0.357 e. The fourth-order valence-corrected chi connectivity index (χ4v) is 1.88. The Bertz CT molecular complexity index is 233. The minimum Gasteiger partial charge on any atom is -0.461 e. The Morgan fingerprint density at radius 2 is 2.12 bits per heavy atom. The molecule has 0 aromatic heterocycles. The van der Waals surface area contributed by atoms with Gasteiger partial charge in [0.2, 0.25) is 0 Å². The van der Waals surface area contributed by atoms with E-state index < -0.39 is 5.97 Å². The van der Waals surface area contributed by atoms with Crippen LogP contribution in [-0.4, -0.2) is 50.1 Å². The van der Waals surface area contributed by atoms with Crippen molar-refractivity contribution in [2.45, 2.75) is 19.1 Å². The lowest BCUT2D eigenvalue weighted by Crippen LogP contribution is -2.27. The summed E-state index contributed by atoms with van der Waals surface area (Å²) in [6.45, 7) is 4.61. The summed E-state index contributed by atoms with van der Waals surface area (Å²) < 4.78 is 9.82. The average molecular weight is 249 g/mol. The lowest BCUT2D eigenvalue weighted by Gasteiger charge is -2.12. The number of carbonyl (C=O) groups is 1. The standard InChI is InChI=1S/C10H19NO4S/c1-5-15-10(12)9(11-14-4)8(2)16-7-6-13-3/h8H,5-7H2,1-4H3. The van der Waals surface area contributed by atoms with Crippen LogP contribution in [0.2, 0.25) is 0 Å². The quantitative estimate of drug-likeness (QED) is 0.281. The van der Waals surface area contributed by atoms with Gasteiger partial charge in [-0.2, -0.15) is 0 Å². The monoisotopic (exact) mass is 249 g/mol. The van der Waals surface area contributed by atoms with Crippen molar-refractivity contribution >= 4 is 23.4 Å². The Labute approximate surface area is 100 Å². The first-order valence-electron chi connectivity index (χ1n) is 5.06. The molecule has 0 amide bonds. The Morgan fingerprint density at radius 1 is 1.44 bits per heavy atom. The number of esters is 1. The van der Waals surface area contributed by atoms with Crippen molar-refractivity contribution in [3.8, 4) is 0 Å². The number of methoxy groups -OCH3 is 1. The molecule has 0 aromatic rings. The van der Waals surface area contributed by atoms with Crippen molar-refractivity contribution in [2.24, 2.45) is 5.16 Å². The molecule has 5 nitrogen and oxygen atoms in total. The first-order chi connectivity index (χ1) is 7.67. The number of carbonyl (C=O) groups excluding carboxylic acids is 1. The minimum atomic E-state index is -0.429. The third-order valence-electron chi connectivity index (χ3n) is 1.71. The van der Waals surface area contributed by atoms with E-state index >= 15 is 0 Å². The normalized spacial score (nSPS) is 13.4. The smallest absolute Gasteiger partial charge is 0.357 e. The molecule has 0 saturated carbocycles. The van der Waals surface area contributed by atoms with Gasteiger partial charge in [-0.15, -0.1) is 11.8 Å². The Balaban J connectivity index is 4.29. The SMILES string of the molecule is CCOC(=O)C(=NOC)C(C)SCCOC. The summed E-state index contributed by atoms with van der Waals surface area (Å²) in [5.74, 6) is 0.363. The zero-order valence-corrected chi connectivity index (χ0v) is 11.0. The van der Waals surface area contributed by atoms with Gasteiger partial charge in [0.05, 0.1) is 18.5 Å². The van der Waals surface area contributed by atoms with Gasteiger partial charge in [0, 0.05) is 12.9 Å². The van der Waals surface area contributed by atoms with E-state index in [1.165, 1.54) is 7.11 Å². The van der Waals surface area contributed by atoms with Gasteiger partial charge in [-0.1, -0.05) is 5.16 Å². The zero-order chi connectivity index (χ0) is 12.4. The number of nitrogens with zero attached hydrogens (tertiary/aromatic N) is 1. The van der Waals surface area contributed by atoms with Crippen LogP contribution in [0.3, 0.4) is 0 Å². The Kier molecular flexibility index (Phi) is 9.03. The van der Waals surface area contributed by atoms with Gasteiger partial charge in [0.15, 0.2) is 5.71 Å². The maximum atomic E-state index is 11.5. The van der Waals surface area contributed by atoms with E-state index in [-0.39, 0.29) is 5.25 Å². The molecule has 0 N–H and O–H groups in total. The molecule has 0 radical (unpaired) electrons. The molecular weight excluding hydrogens is 230 g/mol. The number of oxime groups is 1. The first kappa shape index (κ1) is 15.2. The Morgan fingerprint density at radius 3 is 2.62 bits per heavy atom. The lowest BCUT2D eigenvalue weighted by atomic mass is 10.3. The molecular formula is C10H19NO4S. The molecule has 94 valence electrons. The molecule has 0 saturated heterocycles. The van der Waals surface area contributed by atoms with Gasteiger partial charge in [0.25, 0.3) is 0 Å². The predicted octanol–water partition coefficient (Wildman–Crippen LogP) is 1.32. The summed E-state index contributed by atoms with van der Waals surface area (Å²) in [5, 5.41) is 3.63. The first-order valence-corrected chi connectivity index (χ1v) is 6.10. The van der Waals surface area contributed by atoms with Gasteiger partial charge in [-0.25, -0.2) is 4.79 Å². The van der Waals surface area contributed by atoms with Crippen LogP contribution in [0.25, 0.3) is 0 Å². The fraction of sp³-hybridized carbons (Fsp3) is 0.800. The highest BCUT2D eigenvalue weighted by atomic mass is 32.2. The molecule has 0 aliphatic rings. The second-order valence-corrected chi connectivity index (χ2v) is 4.33. The van der Waals surface area contributed by atoms with Crippen molar-refractivity contribution in [1.29, 1.82) is 0 Å². The largest absolute Gasteiger partial charge is 0.461 e. The van der Waals surface area contributed by atoms with E-state index in [9.17, 15) is 4.79 Å². The molecule has 0 rings (SSSR count). The van der Waals surface area contributed by atoms with Crippen LogP contribution in [0.1, 0.15) is 13.8 Å². The van der Waals surface area contributed by atoms with Crippen LogP contribution < -0.4 is 0 Å². The number of ether oxygens (including phenoxy) is 2. The van der Waals surface area contributed by atoms with Gasteiger partial charge in [0.1, 0.15) is 7.11 Å². The van der Waals surface area contributed by atoms with Crippen molar-refractivity contribution < 1.29 is 19.1 Å². The molecule has 1 atom stereocenters. The highest BCUT2D eigenvalue weighted by Crippen LogP contribution is 2.13. The molecule has 6 heteroatoms. The van der Waals surface area contributed by atoms with Crippen molar-refractivity contribution in [2.75, 3.05) is 33.2 Å². The van der Waals surface area contributed by atoms with Crippen LogP contribution in [0.5, 0.6) is 0 Å². The van der Waals surface area contributed by atoms with Crippen molar-refractivity contribution in [3.05, 3.63) is 0 Å². The summed E-state index contributed by atoms with van der Waals surface area (Å²) >= 11 is 1.57. The number of hydrogen-bond donors (Lipinski definition) is 0. The van der Waals surface area contributed by atoms with Crippen molar-refractivity contribution in [1.82, 2.24) is 0 Å². The number of hydrogen-bond acceptors (Lipinski definition) is 6. The molecule has 0 aliphatic carbocycles. The number of thioether (sulfide) groups is 1. The van der Waals surface area contributed by atoms with Crippen LogP contribution in [0.15, 0.2) is 5.16 Å². The van der Waals surface area contributed by atoms with Crippen LogP contribution in [-0.2, 0) is 19.1 Å². The zero-order valence-electron chi connectivity index (χ0n) is 10.2. The van der Waals surface area contributed by atoms with Crippen LogP contribution in [0, 0.1) is 0 Å². The fourth-order valence-electron chi connectivity index (χ4n) is 0.968. The van der Waals surface area contributed by atoms with Crippen LogP contribution >= 0.6 is 11.8 Å². The van der Waals surface area contributed by atoms with Gasteiger partial charge >= 0.3 is 5.97 Å². The molecule has 0 aliphatic heterocycles. The van der Waals surface area contributed by atoms with Gasteiger partial charge < -0.3 is 14.3 Å². The summed E-state index contributed by atoms with van der Waals surface area (Å²) in [5.41, 5.74) is 0.297. The summed E-state index contributed by atoms with van der Waals surface area (Å²) in [7, 11) is 3.05. The van der Waals surface area contributed by atoms with E-state index in [0.29, 0.717) is 18.9 Å². The second-order valence-electron chi connectivity index (χ2n) is 2.89. The molecule has 0 bridgehead atoms. The van der Waals surface area contributed by atoms with E-state index in [4.69, 9.17) is 9.47 Å². The summed E-state index contributed by atoms with van der Waals surface area (Å²) in [6.07, 6.45) is 0. The van der Waals surface area contributed by atoms with Crippen molar-refractivity contribution in [3.63, 3.8) is 0 Å². The predicted molar refractivity (Wildman–Crippen MR) is 64.9 cm³/mol. The molecule has 16 heavy (non-hydrogen) atoms. The summed E-state index contributed by atoms with van der Waals surface area (Å²) in [6, 6.07) is 0. The molecule has 0 heterocycles. The van der Waals surface area contributed by atoms with Gasteiger partial charge in [-0.05, 0) is 13.8 Å². The van der Waals surface area contributed by atoms with Gasteiger partial charge in [-0.3, -0.25) is 0 Å². The summed E-state index contributed by atoms with van der Waals surface area (Å²) in [4.78, 5) is 16.2. The second kappa shape index (κ2) is 9.47. The Hall–Kier alpha value is -0.750. The highest BCUT2D eigenvalue weighted by molar-refractivity contribution is 8.00. The third kappa shape index (κ3) is 5.97. The topological polar surface area (TPSA) is 57.1 Å². The molecule has 1 unspecified atom stereocenters. The highest BCUT2D eigenvalue weighted by Gasteiger charge is 2.21. The van der Waals surface area contributed by atoms with Crippen LogP contribution in [0.4, 0.5) is 0 Å². The molecule has 0 fully saturated rings. The molecule has 0 aromatic carbocycles. The lowest BCUT2D eigenvalue weighted by molar-refractivity contribution is -0.135. The van der Waals surface area contributed by atoms with E-state index in [1.807, 2.05) is 6.92 Å². The minimum absolute atomic E-state index is 0.0749. The van der Waals surface area contributed by atoms with E-state index in [2.05, 4.69) is 9.99 Å². The maximum absolute atomic E-state index is 11.5. The van der Waals surface area contributed by atoms with E-state index in [0.717, 1.165) is 5.75 Å². The van der Waals surface area contributed by atoms with E-state index in [1.54, 1.807) is 25.8 Å². The third-order valence-corrected chi connectivity index (χ3v) is 2.84. The number of rotatable bonds is 8. The average Bonchev–Trinajstić information content (AvgIpc) is 2.26.